The molecule has 11 heteroatoms. The van der Waals surface area contributed by atoms with Gasteiger partial charge in [-0.1, -0.05) is 18.2 Å². The van der Waals surface area contributed by atoms with Gasteiger partial charge >= 0.3 is 0 Å². The molecule has 4 rings (SSSR count). The monoisotopic (exact) mass is 551 g/mol. The largest absolute Gasteiger partial charge is 0.484 e. The highest BCUT2D eigenvalue weighted by atomic mass is 32.2. The van der Waals surface area contributed by atoms with Gasteiger partial charge in [-0.05, 0) is 84.8 Å². The van der Waals surface area contributed by atoms with Crippen molar-refractivity contribution in [1.29, 1.82) is 0 Å². The van der Waals surface area contributed by atoms with Crippen LogP contribution < -0.4 is 15.4 Å². The summed E-state index contributed by atoms with van der Waals surface area (Å²) in [7, 11) is 0. The summed E-state index contributed by atoms with van der Waals surface area (Å²) in [5.41, 5.74) is 3.18. The van der Waals surface area contributed by atoms with Crippen LogP contribution in [0.1, 0.15) is 16.7 Å². The number of benzene rings is 3. The van der Waals surface area contributed by atoms with E-state index in [4.69, 9.17) is 4.74 Å². The average molecular weight is 552 g/mol. The van der Waals surface area contributed by atoms with Gasteiger partial charge in [0.1, 0.15) is 23.9 Å². The normalized spacial score (nSPS) is 14.1. The molecule has 0 radical (unpaired) electrons. The van der Waals surface area contributed by atoms with Gasteiger partial charge in [0, 0.05) is 11.8 Å². The molecule has 0 spiro atoms. The molecule has 1 heterocycles. The zero-order valence-electron chi connectivity index (χ0n) is 20.9. The minimum atomic E-state index is -0.980. The molecule has 1 saturated heterocycles. The lowest BCUT2D eigenvalue weighted by Gasteiger charge is -2.12. The van der Waals surface area contributed by atoms with Gasteiger partial charge in [-0.2, -0.15) is 0 Å². The van der Waals surface area contributed by atoms with Gasteiger partial charge in [-0.3, -0.25) is 24.1 Å². The maximum Gasteiger partial charge on any atom is 0.294 e. The first-order chi connectivity index (χ1) is 18.6. The van der Waals surface area contributed by atoms with Crippen LogP contribution in [0.2, 0.25) is 0 Å². The molecule has 2 N–H and O–H groups in total. The summed E-state index contributed by atoms with van der Waals surface area (Å²) >= 11 is 0.662. The van der Waals surface area contributed by atoms with E-state index in [0.717, 1.165) is 28.2 Å². The van der Waals surface area contributed by atoms with Crippen LogP contribution in [-0.4, -0.2) is 41.0 Å². The molecule has 200 valence electrons. The van der Waals surface area contributed by atoms with Crippen LogP contribution in [0.15, 0.2) is 65.6 Å². The molecule has 1 aliphatic heterocycles. The maximum absolute atomic E-state index is 13.8. The third kappa shape index (κ3) is 7.08. The molecule has 8 nitrogen and oxygen atoms in total. The first kappa shape index (κ1) is 27.5. The van der Waals surface area contributed by atoms with Gasteiger partial charge < -0.3 is 15.4 Å². The minimum absolute atomic E-state index is 0.0993. The Bertz CT molecular complexity index is 1490. The minimum Gasteiger partial charge on any atom is -0.484 e. The quantitative estimate of drug-likeness (QED) is 0.370. The van der Waals surface area contributed by atoms with Gasteiger partial charge in [0.15, 0.2) is 6.61 Å². The lowest BCUT2D eigenvalue weighted by Crippen LogP contribution is -2.36. The fraction of sp³-hybridized carbons (Fsp3) is 0.143. The van der Waals surface area contributed by atoms with E-state index >= 15 is 0 Å². The van der Waals surface area contributed by atoms with Crippen molar-refractivity contribution in [2.75, 3.05) is 23.8 Å². The Kier molecular flexibility index (Phi) is 8.40. The van der Waals surface area contributed by atoms with Crippen molar-refractivity contribution in [2.45, 2.75) is 13.8 Å². The second kappa shape index (κ2) is 11.9. The van der Waals surface area contributed by atoms with Crippen molar-refractivity contribution >= 4 is 52.2 Å². The van der Waals surface area contributed by atoms with Crippen LogP contribution in [0.25, 0.3) is 6.08 Å². The van der Waals surface area contributed by atoms with Crippen molar-refractivity contribution in [3.8, 4) is 5.75 Å². The number of ether oxygens (including phenoxy) is 1. The third-order valence-electron chi connectivity index (χ3n) is 5.72. The molecule has 39 heavy (non-hydrogen) atoms. The molecule has 0 aromatic heterocycles. The van der Waals surface area contributed by atoms with Crippen LogP contribution in [0.3, 0.4) is 0 Å². The number of nitrogens with zero attached hydrogens (tertiary/aromatic N) is 1. The molecule has 0 aliphatic carbocycles. The maximum atomic E-state index is 13.8. The fourth-order valence-corrected chi connectivity index (χ4v) is 4.38. The molecular weight excluding hydrogens is 528 g/mol. The smallest absolute Gasteiger partial charge is 0.294 e. The second-order valence-corrected chi connectivity index (χ2v) is 9.64. The van der Waals surface area contributed by atoms with Crippen molar-refractivity contribution in [1.82, 2.24) is 4.90 Å². The van der Waals surface area contributed by atoms with E-state index in [0.29, 0.717) is 34.8 Å². The second-order valence-electron chi connectivity index (χ2n) is 8.65. The first-order valence-electron chi connectivity index (χ1n) is 11.7. The number of halogens is 2. The Hall–Kier alpha value is -4.51. The topological polar surface area (TPSA) is 105 Å². The van der Waals surface area contributed by atoms with Crippen molar-refractivity contribution in [3.63, 3.8) is 0 Å². The van der Waals surface area contributed by atoms with E-state index in [1.807, 2.05) is 32.0 Å². The van der Waals surface area contributed by atoms with E-state index in [2.05, 4.69) is 10.6 Å². The molecule has 0 saturated carbocycles. The summed E-state index contributed by atoms with van der Waals surface area (Å²) in [5.74, 6) is -3.16. The highest BCUT2D eigenvalue weighted by molar-refractivity contribution is 8.18. The summed E-state index contributed by atoms with van der Waals surface area (Å²) in [4.78, 5) is 50.3. The zero-order valence-corrected chi connectivity index (χ0v) is 21.7. The Morgan fingerprint density at radius 2 is 1.67 bits per heavy atom. The van der Waals surface area contributed by atoms with Crippen LogP contribution in [0.5, 0.6) is 5.75 Å². The zero-order chi connectivity index (χ0) is 28.1. The molecule has 0 unspecified atom stereocenters. The van der Waals surface area contributed by atoms with Gasteiger partial charge in [-0.15, -0.1) is 0 Å². The SMILES string of the molecule is Cc1ccc(NC(=O)COc2ccc(/C=C3\SC(=O)N(CC(=O)Nc4ccc(F)cc4F)C3=O)cc2)cc1C. The Balaban J connectivity index is 1.31. The number of carbonyl (C=O) groups excluding carboxylic acids is 4. The number of aryl methyl sites for hydroxylation is 2. The van der Waals surface area contributed by atoms with E-state index in [9.17, 15) is 28.0 Å². The van der Waals surface area contributed by atoms with Crippen molar-refractivity contribution in [2.24, 2.45) is 0 Å². The summed E-state index contributed by atoms with van der Waals surface area (Å²) in [6.45, 7) is 3.11. The molecular formula is C28H23F2N3O5S. The van der Waals surface area contributed by atoms with Crippen LogP contribution >= 0.6 is 11.8 Å². The molecule has 3 aromatic carbocycles. The van der Waals surface area contributed by atoms with E-state index in [-0.39, 0.29) is 23.1 Å². The van der Waals surface area contributed by atoms with Crippen LogP contribution in [0, 0.1) is 25.5 Å². The Labute approximate surface area is 227 Å². The summed E-state index contributed by atoms with van der Waals surface area (Å²) in [6, 6.07) is 14.8. The van der Waals surface area contributed by atoms with Crippen LogP contribution in [0.4, 0.5) is 25.0 Å². The summed E-state index contributed by atoms with van der Waals surface area (Å²) in [6.07, 6.45) is 1.48. The number of amides is 4. The average Bonchev–Trinajstić information content (AvgIpc) is 3.14. The van der Waals surface area contributed by atoms with Gasteiger partial charge in [0.2, 0.25) is 5.91 Å². The number of rotatable bonds is 8. The molecule has 1 aliphatic rings. The number of hydrogen-bond donors (Lipinski definition) is 2. The number of nitrogens with one attached hydrogen (secondary N) is 2. The van der Waals surface area contributed by atoms with E-state index in [1.165, 1.54) is 6.08 Å². The van der Waals surface area contributed by atoms with Crippen molar-refractivity contribution in [3.05, 3.63) is 93.9 Å². The molecule has 0 atom stereocenters. The lowest BCUT2D eigenvalue weighted by atomic mass is 10.1. The molecule has 0 bridgehead atoms. The number of anilines is 2. The van der Waals surface area contributed by atoms with Gasteiger partial charge in [0.05, 0.1) is 10.6 Å². The molecule has 3 aromatic rings. The Morgan fingerprint density at radius 1 is 0.923 bits per heavy atom. The number of thioether (sulfide) groups is 1. The van der Waals surface area contributed by atoms with Gasteiger partial charge in [-0.25, -0.2) is 8.78 Å². The predicted octanol–water partition coefficient (Wildman–Crippen LogP) is 5.27. The molecule has 4 amide bonds. The molecule has 1 fully saturated rings. The highest BCUT2D eigenvalue weighted by Crippen LogP contribution is 2.32. The standard InChI is InChI=1S/C28H23F2N3O5S/c1-16-3-7-20(11-17(16)2)31-26(35)15-38-21-8-4-18(5-9-21)12-24-27(36)33(28(37)39-24)14-25(34)32-23-10-6-19(29)13-22(23)30/h3-13H,14-15H2,1-2H3,(H,31,35)(H,32,34)/b24-12-. The fourth-order valence-electron chi connectivity index (χ4n) is 3.54. The number of carbonyl (C=O) groups is 4. The summed E-state index contributed by atoms with van der Waals surface area (Å²) in [5, 5.41) is 4.33. The third-order valence-corrected chi connectivity index (χ3v) is 6.63. The van der Waals surface area contributed by atoms with Crippen molar-refractivity contribution < 1.29 is 32.7 Å². The van der Waals surface area contributed by atoms with E-state index < -0.39 is 35.2 Å². The predicted molar refractivity (Wildman–Crippen MR) is 144 cm³/mol. The van der Waals surface area contributed by atoms with Crippen LogP contribution in [-0.2, 0) is 14.4 Å². The number of hydrogen-bond acceptors (Lipinski definition) is 6. The Morgan fingerprint density at radius 3 is 2.36 bits per heavy atom. The highest BCUT2D eigenvalue weighted by Gasteiger charge is 2.36. The lowest BCUT2D eigenvalue weighted by molar-refractivity contribution is -0.127. The summed E-state index contributed by atoms with van der Waals surface area (Å²) < 4.78 is 32.3. The first-order valence-corrected chi connectivity index (χ1v) is 12.5. The number of imide groups is 1. The van der Waals surface area contributed by atoms with Gasteiger partial charge in [0.25, 0.3) is 17.1 Å². The van der Waals surface area contributed by atoms with E-state index in [1.54, 1.807) is 24.3 Å².